The molecule has 0 aromatic carbocycles. The van der Waals surface area contributed by atoms with E-state index in [0.29, 0.717) is 11.6 Å². The molecule has 0 bridgehead atoms. The fourth-order valence-corrected chi connectivity index (χ4v) is 3.70. The second kappa shape index (κ2) is 6.97. The summed E-state index contributed by atoms with van der Waals surface area (Å²) in [7, 11) is 1.44. The van der Waals surface area contributed by atoms with E-state index in [1.165, 1.54) is 7.11 Å². The first kappa shape index (κ1) is 16.6. The van der Waals surface area contributed by atoms with E-state index < -0.39 is 0 Å². The number of thioether (sulfide) groups is 1. The number of ether oxygens (including phenoxy) is 1. The second-order valence-corrected chi connectivity index (χ2v) is 6.97. The minimum absolute atomic E-state index is 0.0898. The molecular weight excluding hydrogens is 308 g/mol. The number of halogens is 1. The van der Waals surface area contributed by atoms with Gasteiger partial charge in [-0.2, -0.15) is 0 Å². The van der Waals surface area contributed by atoms with Crippen LogP contribution >= 0.6 is 23.4 Å². The molecular formula is C15H21ClN2O2S. The van der Waals surface area contributed by atoms with Crippen molar-refractivity contribution in [2.75, 3.05) is 12.9 Å². The first-order valence-electron chi connectivity index (χ1n) is 7.22. The van der Waals surface area contributed by atoms with E-state index in [2.05, 4.69) is 16.9 Å². The van der Waals surface area contributed by atoms with Crippen LogP contribution in [0.5, 0.6) is 0 Å². The summed E-state index contributed by atoms with van der Waals surface area (Å²) in [6.07, 6.45) is 4.48. The highest BCUT2D eigenvalue weighted by molar-refractivity contribution is 7.99. The van der Waals surface area contributed by atoms with Crippen molar-refractivity contribution in [2.45, 2.75) is 51.0 Å². The monoisotopic (exact) mass is 328 g/mol. The SMILES string of the molecule is CCCc1nc(Cl)c(C)c(SCC2(CC(=O)OC)CC2)n1. The molecule has 0 saturated heterocycles. The molecule has 1 fully saturated rings. The summed E-state index contributed by atoms with van der Waals surface area (Å²) in [5, 5.41) is 1.48. The van der Waals surface area contributed by atoms with Crippen molar-refractivity contribution < 1.29 is 9.53 Å². The van der Waals surface area contributed by atoms with Crippen molar-refractivity contribution in [1.82, 2.24) is 9.97 Å². The maximum Gasteiger partial charge on any atom is 0.306 e. The van der Waals surface area contributed by atoms with Crippen LogP contribution in [0.25, 0.3) is 0 Å². The Morgan fingerprint density at radius 1 is 1.43 bits per heavy atom. The Bertz CT molecular complexity index is 533. The maximum atomic E-state index is 11.5. The maximum absolute atomic E-state index is 11.5. The standard InChI is InChI=1S/C15H21ClN2O2S/c1-4-5-11-17-13(16)10(2)14(18-11)21-9-15(6-7-15)8-12(19)20-3/h4-9H2,1-3H3. The third-order valence-electron chi connectivity index (χ3n) is 3.78. The first-order valence-corrected chi connectivity index (χ1v) is 8.58. The van der Waals surface area contributed by atoms with E-state index in [4.69, 9.17) is 16.3 Å². The van der Waals surface area contributed by atoms with E-state index in [0.717, 1.165) is 47.8 Å². The lowest BCUT2D eigenvalue weighted by atomic mass is 10.1. The summed E-state index contributed by atoms with van der Waals surface area (Å²) >= 11 is 7.87. The topological polar surface area (TPSA) is 52.1 Å². The van der Waals surface area contributed by atoms with Crippen molar-refractivity contribution in [3.8, 4) is 0 Å². The van der Waals surface area contributed by atoms with Gasteiger partial charge in [-0.25, -0.2) is 9.97 Å². The third-order valence-corrected chi connectivity index (χ3v) is 5.58. The number of esters is 1. The number of methoxy groups -OCH3 is 1. The number of hydrogen-bond acceptors (Lipinski definition) is 5. The minimum Gasteiger partial charge on any atom is -0.469 e. The smallest absolute Gasteiger partial charge is 0.306 e. The lowest BCUT2D eigenvalue weighted by Gasteiger charge is -2.14. The van der Waals surface area contributed by atoms with Gasteiger partial charge in [0, 0.05) is 17.7 Å². The van der Waals surface area contributed by atoms with Gasteiger partial charge in [0.1, 0.15) is 16.0 Å². The summed E-state index contributed by atoms with van der Waals surface area (Å²) in [5.41, 5.74) is 1.02. The molecule has 1 aliphatic rings. The summed E-state index contributed by atoms with van der Waals surface area (Å²) in [6.45, 7) is 4.04. The largest absolute Gasteiger partial charge is 0.469 e. The molecule has 0 N–H and O–H groups in total. The van der Waals surface area contributed by atoms with Gasteiger partial charge in [-0.1, -0.05) is 18.5 Å². The first-order chi connectivity index (χ1) is 9.99. The van der Waals surface area contributed by atoms with Crippen LogP contribution < -0.4 is 0 Å². The number of aromatic nitrogens is 2. The van der Waals surface area contributed by atoms with Crippen LogP contribution in [-0.2, 0) is 16.0 Å². The van der Waals surface area contributed by atoms with Crippen LogP contribution in [0.4, 0.5) is 0 Å². The minimum atomic E-state index is -0.128. The Hall–Kier alpha value is -0.810. The average Bonchev–Trinajstić information content (AvgIpc) is 3.21. The molecule has 1 aliphatic carbocycles. The quantitative estimate of drug-likeness (QED) is 0.432. The van der Waals surface area contributed by atoms with Gasteiger partial charge in [0.2, 0.25) is 0 Å². The molecule has 6 heteroatoms. The molecule has 116 valence electrons. The molecule has 4 nitrogen and oxygen atoms in total. The Labute approximate surface area is 135 Å². The highest BCUT2D eigenvalue weighted by Crippen LogP contribution is 2.52. The van der Waals surface area contributed by atoms with Gasteiger partial charge in [-0.3, -0.25) is 4.79 Å². The van der Waals surface area contributed by atoms with Crippen LogP contribution in [0.15, 0.2) is 5.03 Å². The van der Waals surface area contributed by atoms with Gasteiger partial charge in [-0.05, 0) is 31.6 Å². The number of aryl methyl sites for hydroxylation is 1. The van der Waals surface area contributed by atoms with E-state index in [1.807, 2.05) is 6.92 Å². The summed E-state index contributed by atoms with van der Waals surface area (Å²) < 4.78 is 4.78. The van der Waals surface area contributed by atoms with E-state index >= 15 is 0 Å². The molecule has 0 unspecified atom stereocenters. The fourth-order valence-electron chi connectivity index (χ4n) is 2.14. The molecule has 1 heterocycles. The van der Waals surface area contributed by atoms with Crippen LogP contribution in [0.3, 0.4) is 0 Å². The highest BCUT2D eigenvalue weighted by atomic mass is 35.5. The van der Waals surface area contributed by atoms with Gasteiger partial charge < -0.3 is 4.74 Å². The molecule has 2 rings (SSSR count). The Kier molecular flexibility index (Phi) is 5.49. The molecule has 21 heavy (non-hydrogen) atoms. The van der Waals surface area contributed by atoms with Gasteiger partial charge in [-0.15, -0.1) is 11.8 Å². The zero-order valence-electron chi connectivity index (χ0n) is 12.7. The predicted molar refractivity (Wildman–Crippen MR) is 84.8 cm³/mol. The molecule has 1 saturated carbocycles. The van der Waals surface area contributed by atoms with E-state index in [-0.39, 0.29) is 11.4 Å². The third kappa shape index (κ3) is 4.33. The molecule has 0 atom stereocenters. The lowest BCUT2D eigenvalue weighted by Crippen LogP contribution is -2.13. The van der Waals surface area contributed by atoms with Crippen molar-refractivity contribution in [3.05, 3.63) is 16.5 Å². The predicted octanol–water partition coefficient (Wildman–Crippen LogP) is 3.83. The zero-order valence-corrected chi connectivity index (χ0v) is 14.3. The number of rotatable bonds is 7. The molecule has 1 aromatic heterocycles. The Balaban J connectivity index is 2.04. The summed E-state index contributed by atoms with van der Waals surface area (Å²) in [4.78, 5) is 20.4. The van der Waals surface area contributed by atoms with Crippen LogP contribution in [0.2, 0.25) is 5.15 Å². The average molecular weight is 329 g/mol. The van der Waals surface area contributed by atoms with Crippen molar-refractivity contribution >= 4 is 29.3 Å². The zero-order chi connectivity index (χ0) is 15.5. The highest BCUT2D eigenvalue weighted by Gasteiger charge is 2.44. The summed E-state index contributed by atoms with van der Waals surface area (Å²) in [5.74, 6) is 1.55. The van der Waals surface area contributed by atoms with Gasteiger partial charge in [0.25, 0.3) is 0 Å². The fraction of sp³-hybridized carbons (Fsp3) is 0.667. The lowest BCUT2D eigenvalue weighted by molar-refractivity contribution is -0.141. The van der Waals surface area contributed by atoms with Crippen molar-refractivity contribution in [3.63, 3.8) is 0 Å². The molecule has 0 radical (unpaired) electrons. The molecule has 0 amide bonds. The molecule has 0 aliphatic heterocycles. The number of carbonyl (C=O) groups is 1. The van der Waals surface area contributed by atoms with Crippen molar-refractivity contribution in [1.29, 1.82) is 0 Å². The van der Waals surface area contributed by atoms with E-state index in [1.54, 1.807) is 11.8 Å². The van der Waals surface area contributed by atoms with Crippen LogP contribution in [0, 0.1) is 12.3 Å². The van der Waals surface area contributed by atoms with E-state index in [9.17, 15) is 4.79 Å². The van der Waals surface area contributed by atoms with Gasteiger partial charge in [0.15, 0.2) is 0 Å². The normalized spacial score (nSPS) is 15.8. The van der Waals surface area contributed by atoms with Gasteiger partial charge >= 0.3 is 5.97 Å². The molecule has 0 spiro atoms. The van der Waals surface area contributed by atoms with Crippen LogP contribution in [0.1, 0.15) is 44.0 Å². The summed E-state index contributed by atoms with van der Waals surface area (Å²) in [6, 6.07) is 0. The van der Waals surface area contributed by atoms with Gasteiger partial charge in [0.05, 0.1) is 13.5 Å². The number of carbonyl (C=O) groups excluding carboxylic acids is 1. The Morgan fingerprint density at radius 3 is 2.71 bits per heavy atom. The Morgan fingerprint density at radius 2 is 2.14 bits per heavy atom. The molecule has 1 aromatic rings. The van der Waals surface area contributed by atoms with Crippen molar-refractivity contribution in [2.24, 2.45) is 5.41 Å². The van der Waals surface area contributed by atoms with Crippen LogP contribution in [-0.4, -0.2) is 28.8 Å². The number of nitrogens with zero attached hydrogens (tertiary/aromatic N) is 2. The number of hydrogen-bond donors (Lipinski definition) is 0. The second-order valence-electron chi connectivity index (χ2n) is 5.65.